The number of likely N-dealkylation sites (tertiary alicyclic amines) is 1. The van der Waals surface area contributed by atoms with Crippen molar-refractivity contribution in [1.82, 2.24) is 15.5 Å². The molecule has 1 fully saturated rings. The van der Waals surface area contributed by atoms with Gasteiger partial charge in [0.25, 0.3) is 0 Å². The number of hydrogen-bond donors (Lipinski definition) is 2. The number of thiocarbonyl (C=S) groups is 1. The minimum absolute atomic E-state index is 0.0824. The zero-order valence-electron chi connectivity index (χ0n) is 18.0. The van der Waals surface area contributed by atoms with Gasteiger partial charge >= 0.3 is 0 Å². The summed E-state index contributed by atoms with van der Waals surface area (Å²) in [5, 5.41) is 6.79. The van der Waals surface area contributed by atoms with E-state index >= 15 is 0 Å². The van der Waals surface area contributed by atoms with Crippen LogP contribution in [-0.2, 0) is 11.3 Å². The van der Waals surface area contributed by atoms with E-state index in [0.717, 1.165) is 11.1 Å². The van der Waals surface area contributed by atoms with Gasteiger partial charge in [0.2, 0.25) is 5.91 Å². The van der Waals surface area contributed by atoms with Crippen LogP contribution in [-0.4, -0.2) is 49.8 Å². The summed E-state index contributed by atoms with van der Waals surface area (Å²) in [5.74, 6) is 0.401. The van der Waals surface area contributed by atoms with Gasteiger partial charge in [-0.2, -0.15) is 0 Å². The molecule has 0 saturated carbocycles. The number of methoxy groups -OCH3 is 2. The van der Waals surface area contributed by atoms with Crippen LogP contribution in [0, 0.1) is 11.7 Å². The van der Waals surface area contributed by atoms with E-state index < -0.39 is 0 Å². The molecule has 2 atom stereocenters. The van der Waals surface area contributed by atoms with Gasteiger partial charge in [-0.1, -0.05) is 24.3 Å². The summed E-state index contributed by atoms with van der Waals surface area (Å²) in [6.45, 7) is 4.10. The van der Waals surface area contributed by atoms with Crippen molar-refractivity contribution < 1.29 is 18.7 Å². The van der Waals surface area contributed by atoms with Crippen molar-refractivity contribution in [3.63, 3.8) is 0 Å². The lowest BCUT2D eigenvalue weighted by Crippen LogP contribution is -2.39. The van der Waals surface area contributed by atoms with Gasteiger partial charge in [0, 0.05) is 37.7 Å². The maximum Gasteiger partial charge on any atom is 0.225 e. The Kier molecular flexibility index (Phi) is 7.68. The quantitative estimate of drug-likeness (QED) is 0.639. The van der Waals surface area contributed by atoms with E-state index in [9.17, 15) is 9.18 Å². The number of halogens is 1. The molecule has 0 unspecified atom stereocenters. The van der Waals surface area contributed by atoms with Crippen LogP contribution in [0.15, 0.2) is 42.5 Å². The van der Waals surface area contributed by atoms with Gasteiger partial charge in [-0.3, -0.25) is 4.79 Å². The highest BCUT2D eigenvalue weighted by Gasteiger charge is 2.41. The largest absolute Gasteiger partial charge is 0.493 e. The summed E-state index contributed by atoms with van der Waals surface area (Å²) in [6.07, 6.45) is 0. The first-order valence-corrected chi connectivity index (χ1v) is 10.6. The van der Waals surface area contributed by atoms with E-state index in [2.05, 4.69) is 10.6 Å². The molecule has 0 aromatic heterocycles. The van der Waals surface area contributed by atoms with Crippen molar-refractivity contribution in [2.24, 2.45) is 5.92 Å². The molecule has 0 radical (unpaired) electrons. The molecule has 6 nitrogen and oxygen atoms in total. The highest BCUT2D eigenvalue weighted by molar-refractivity contribution is 7.80. The smallest absolute Gasteiger partial charge is 0.225 e. The second-order valence-corrected chi connectivity index (χ2v) is 7.77. The number of carbonyl (C=O) groups is 1. The van der Waals surface area contributed by atoms with E-state index in [1.807, 2.05) is 30.0 Å². The molecular formula is C23H28FN3O3S. The number of ether oxygens (including phenoxy) is 2. The maximum absolute atomic E-state index is 13.2. The average molecular weight is 446 g/mol. The van der Waals surface area contributed by atoms with E-state index in [-0.39, 0.29) is 23.6 Å². The lowest BCUT2D eigenvalue weighted by atomic mass is 9.87. The number of hydrogen-bond acceptors (Lipinski definition) is 4. The number of benzene rings is 2. The Hall–Kier alpha value is -2.87. The fourth-order valence-corrected chi connectivity index (χ4v) is 4.23. The molecule has 0 aliphatic carbocycles. The molecule has 1 aliphatic rings. The molecule has 1 heterocycles. The van der Waals surface area contributed by atoms with Gasteiger partial charge in [-0.15, -0.1) is 0 Å². The van der Waals surface area contributed by atoms with Crippen LogP contribution in [0.2, 0.25) is 0 Å². The number of carbonyl (C=O) groups excluding carboxylic acids is 1. The van der Waals surface area contributed by atoms with E-state index in [1.165, 1.54) is 12.1 Å². The monoisotopic (exact) mass is 445 g/mol. The fraction of sp³-hybridized carbons (Fsp3) is 0.391. The van der Waals surface area contributed by atoms with Crippen molar-refractivity contribution in [2.45, 2.75) is 19.4 Å². The number of nitrogens with zero attached hydrogens (tertiary/aromatic N) is 1. The minimum atomic E-state index is -0.335. The first kappa shape index (κ1) is 22.8. The van der Waals surface area contributed by atoms with Gasteiger partial charge in [0.15, 0.2) is 16.6 Å². The molecule has 2 aromatic carbocycles. The lowest BCUT2D eigenvalue weighted by molar-refractivity contribution is -0.125. The van der Waals surface area contributed by atoms with Crippen molar-refractivity contribution in [2.75, 3.05) is 33.9 Å². The normalized spacial score (nSPS) is 17.9. The Bertz CT molecular complexity index is 923. The molecule has 1 aliphatic heterocycles. The topological polar surface area (TPSA) is 62.8 Å². The van der Waals surface area contributed by atoms with Gasteiger partial charge in [0.05, 0.1) is 20.1 Å². The van der Waals surface area contributed by atoms with E-state index in [4.69, 9.17) is 21.7 Å². The third kappa shape index (κ3) is 5.25. The molecule has 0 spiro atoms. The van der Waals surface area contributed by atoms with Crippen LogP contribution in [0.3, 0.4) is 0 Å². The summed E-state index contributed by atoms with van der Waals surface area (Å²) in [7, 11) is 3.19. The molecule has 2 aromatic rings. The number of amides is 1. The molecule has 0 bridgehead atoms. The van der Waals surface area contributed by atoms with Crippen LogP contribution in [0.25, 0.3) is 0 Å². The second kappa shape index (κ2) is 10.4. The molecule has 2 N–H and O–H groups in total. The Balaban J connectivity index is 1.85. The second-order valence-electron chi connectivity index (χ2n) is 7.38. The Labute approximate surface area is 187 Å². The third-order valence-corrected chi connectivity index (χ3v) is 5.89. The number of rotatable bonds is 7. The van der Waals surface area contributed by atoms with E-state index in [1.54, 1.807) is 26.4 Å². The first-order chi connectivity index (χ1) is 15.0. The number of nitrogens with one attached hydrogen (secondary N) is 2. The first-order valence-electron chi connectivity index (χ1n) is 10.2. The highest BCUT2D eigenvalue weighted by atomic mass is 32.1. The van der Waals surface area contributed by atoms with Gasteiger partial charge in [-0.25, -0.2) is 4.39 Å². The molecule has 1 amide bonds. The zero-order chi connectivity index (χ0) is 22.4. The predicted octanol–water partition coefficient (Wildman–Crippen LogP) is 3.07. The average Bonchev–Trinajstić information content (AvgIpc) is 3.23. The molecule has 8 heteroatoms. The van der Waals surface area contributed by atoms with E-state index in [0.29, 0.717) is 42.8 Å². The minimum Gasteiger partial charge on any atom is -0.493 e. The molecule has 31 heavy (non-hydrogen) atoms. The Morgan fingerprint density at radius 2 is 1.87 bits per heavy atom. The fourth-order valence-electron chi connectivity index (χ4n) is 3.94. The van der Waals surface area contributed by atoms with Crippen molar-refractivity contribution in [3.05, 3.63) is 59.4 Å². The number of para-hydroxylation sites is 1. The Morgan fingerprint density at radius 3 is 2.52 bits per heavy atom. The standard InChI is InChI=1S/C23H28FN3O3S/c1-4-25-23(31)27-13-18(17-6-5-7-20(29-2)21(17)30-3)19(14-27)22(28)26-12-15-8-10-16(24)11-9-15/h5-11,18-19H,4,12-14H2,1-3H3,(H,25,31)(H,26,28)/t18-,19-/m1/s1. The van der Waals surface area contributed by atoms with Crippen LogP contribution < -0.4 is 20.1 Å². The molecular weight excluding hydrogens is 417 g/mol. The van der Waals surface area contributed by atoms with Crippen LogP contribution in [0.5, 0.6) is 11.5 Å². The van der Waals surface area contributed by atoms with Crippen molar-refractivity contribution in [3.8, 4) is 11.5 Å². The SMILES string of the molecule is CCNC(=S)N1C[C@H](c2cccc(OC)c2OC)[C@H](C(=O)NCc2ccc(F)cc2)C1. The van der Waals surface area contributed by atoms with Crippen molar-refractivity contribution >= 4 is 23.2 Å². The molecule has 166 valence electrons. The summed E-state index contributed by atoms with van der Waals surface area (Å²) in [5.41, 5.74) is 1.74. The molecule has 3 rings (SSSR count). The summed E-state index contributed by atoms with van der Waals surface area (Å²) in [6, 6.07) is 11.8. The van der Waals surface area contributed by atoms with Crippen molar-refractivity contribution in [1.29, 1.82) is 0 Å². The maximum atomic E-state index is 13.2. The predicted molar refractivity (Wildman–Crippen MR) is 122 cm³/mol. The summed E-state index contributed by atoms with van der Waals surface area (Å²) in [4.78, 5) is 15.2. The Morgan fingerprint density at radius 1 is 1.13 bits per heavy atom. The third-order valence-electron chi connectivity index (χ3n) is 5.48. The van der Waals surface area contributed by atoms with Crippen LogP contribution in [0.1, 0.15) is 24.0 Å². The van der Waals surface area contributed by atoms with Gasteiger partial charge in [0.1, 0.15) is 5.82 Å². The zero-order valence-corrected chi connectivity index (χ0v) is 18.8. The van der Waals surface area contributed by atoms with Crippen LogP contribution in [0.4, 0.5) is 4.39 Å². The molecule has 1 saturated heterocycles. The summed E-state index contributed by atoms with van der Waals surface area (Å²) < 4.78 is 24.2. The lowest BCUT2D eigenvalue weighted by Gasteiger charge is -2.22. The highest BCUT2D eigenvalue weighted by Crippen LogP contribution is 2.42. The van der Waals surface area contributed by atoms with Gasteiger partial charge in [-0.05, 0) is 42.9 Å². The summed E-state index contributed by atoms with van der Waals surface area (Å²) >= 11 is 5.51. The van der Waals surface area contributed by atoms with Gasteiger partial charge < -0.3 is 25.0 Å². The van der Waals surface area contributed by atoms with Crippen LogP contribution >= 0.6 is 12.2 Å².